The lowest BCUT2D eigenvalue weighted by molar-refractivity contribution is 0.397. The Morgan fingerprint density at radius 2 is 1.83 bits per heavy atom. The van der Waals surface area contributed by atoms with E-state index in [2.05, 4.69) is 24.6 Å². The quantitative estimate of drug-likeness (QED) is 0.501. The minimum absolute atomic E-state index is 0.152. The maximum atomic E-state index is 12.0. The number of nitrogens with zero attached hydrogens (tertiary/aromatic N) is 4. The Balaban J connectivity index is 2.99. The monoisotopic (exact) mass is 337 g/mol. The fraction of sp³-hybridized carbons (Fsp3) is 0.231. The summed E-state index contributed by atoms with van der Waals surface area (Å²) < 4.78 is 28.6. The van der Waals surface area contributed by atoms with E-state index >= 15 is 0 Å². The molecule has 0 radical (unpaired) electrons. The van der Waals surface area contributed by atoms with Crippen molar-refractivity contribution in [2.45, 2.75) is 4.90 Å². The van der Waals surface area contributed by atoms with Crippen LogP contribution in [0.5, 0.6) is 5.75 Å². The van der Waals surface area contributed by atoms with Crippen molar-refractivity contribution in [3.05, 3.63) is 18.2 Å². The van der Waals surface area contributed by atoms with Crippen molar-refractivity contribution >= 4 is 38.0 Å². The molecular formula is C13H15N5O4S. The first-order valence-electron chi connectivity index (χ1n) is 6.35. The fourth-order valence-corrected chi connectivity index (χ4v) is 2.95. The molecule has 0 aliphatic rings. The summed E-state index contributed by atoms with van der Waals surface area (Å²) in [5.41, 5.74) is 6.24. The van der Waals surface area contributed by atoms with E-state index in [1.54, 1.807) is 12.1 Å². The predicted octanol–water partition coefficient (Wildman–Crippen LogP) is 2.89. The average molecular weight is 337 g/mol. The van der Waals surface area contributed by atoms with Gasteiger partial charge in [0.05, 0.1) is 18.2 Å². The van der Waals surface area contributed by atoms with Gasteiger partial charge in [0.2, 0.25) is 0 Å². The molecule has 0 fully saturated rings. The van der Waals surface area contributed by atoms with Crippen LogP contribution in [0.25, 0.3) is 10.8 Å². The number of nitrogen functional groups attached to an aromatic ring is 1. The molecule has 0 aliphatic carbocycles. The van der Waals surface area contributed by atoms with Gasteiger partial charge >= 0.3 is 0 Å². The number of benzene rings is 2. The minimum Gasteiger partial charge on any atom is -0.505 e. The molecule has 2 aromatic rings. The maximum Gasteiger partial charge on any atom is 0.299 e. The van der Waals surface area contributed by atoms with Gasteiger partial charge in [-0.3, -0.25) is 4.18 Å². The van der Waals surface area contributed by atoms with Crippen LogP contribution in [0, 0.1) is 0 Å². The van der Waals surface area contributed by atoms with Gasteiger partial charge in [0.15, 0.2) is 5.75 Å². The van der Waals surface area contributed by atoms with E-state index < -0.39 is 15.9 Å². The Hall–Kier alpha value is -2.59. The summed E-state index contributed by atoms with van der Waals surface area (Å²) >= 11 is 0. The smallest absolute Gasteiger partial charge is 0.299 e. The molecule has 23 heavy (non-hydrogen) atoms. The highest BCUT2D eigenvalue weighted by Crippen LogP contribution is 2.45. The third-order valence-corrected chi connectivity index (χ3v) is 4.42. The van der Waals surface area contributed by atoms with Crippen LogP contribution in [0.2, 0.25) is 0 Å². The Morgan fingerprint density at radius 1 is 1.17 bits per heavy atom. The Labute approximate surface area is 132 Å². The largest absolute Gasteiger partial charge is 0.505 e. The second-order valence-electron chi connectivity index (χ2n) is 4.39. The van der Waals surface area contributed by atoms with Gasteiger partial charge in [-0.2, -0.15) is 28.9 Å². The molecule has 0 heterocycles. The highest BCUT2D eigenvalue weighted by molar-refractivity contribution is 7.87. The number of aromatic hydroxyl groups is 1. The van der Waals surface area contributed by atoms with Crippen LogP contribution in [0.15, 0.2) is 43.6 Å². The van der Waals surface area contributed by atoms with Crippen LogP contribution in [-0.2, 0) is 14.3 Å². The Bertz CT molecular complexity index is 922. The van der Waals surface area contributed by atoms with E-state index in [0.29, 0.717) is 11.1 Å². The van der Waals surface area contributed by atoms with Crippen molar-refractivity contribution in [2.24, 2.45) is 20.5 Å². The summed E-state index contributed by atoms with van der Waals surface area (Å²) in [5.74, 6) is -0.422. The zero-order valence-corrected chi connectivity index (χ0v) is 13.5. The molecule has 10 heteroatoms. The van der Waals surface area contributed by atoms with Crippen molar-refractivity contribution in [1.82, 2.24) is 0 Å². The zero-order chi connectivity index (χ0) is 17.2. The van der Waals surface area contributed by atoms with Crippen LogP contribution >= 0.6 is 0 Å². The minimum atomic E-state index is -4.09. The molecule has 9 nitrogen and oxygen atoms in total. The number of hydrogen-bond acceptors (Lipinski definition) is 9. The van der Waals surface area contributed by atoms with E-state index in [0.717, 1.165) is 7.11 Å². The van der Waals surface area contributed by atoms with E-state index in [4.69, 9.17) is 5.73 Å². The van der Waals surface area contributed by atoms with Crippen LogP contribution in [0.1, 0.15) is 0 Å². The zero-order valence-electron chi connectivity index (χ0n) is 12.7. The highest BCUT2D eigenvalue weighted by Gasteiger charge is 2.25. The van der Waals surface area contributed by atoms with E-state index in [9.17, 15) is 13.5 Å². The van der Waals surface area contributed by atoms with Gasteiger partial charge < -0.3 is 10.8 Å². The predicted molar refractivity (Wildman–Crippen MR) is 85.1 cm³/mol. The SMILES string of the molecule is CN=Nc1ccc2cc(S(=O)(=O)OC)c(N=NC)c(O)c2c1N. The molecule has 0 amide bonds. The molecule has 0 atom stereocenters. The molecule has 3 N–H and O–H groups in total. The van der Waals surface area contributed by atoms with Crippen molar-refractivity contribution < 1.29 is 17.7 Å². The molecule has 0 aromatic heterocycles. The van der Waals surface area contributed by atoms with E-state index in [-0.39, 0.29) is 21.7 Å². The summed E-state index contributed by atoms with van der Waals surface area (Å²) in [7, 11) is -0.253. The lowest BCUT2D eigenvalue weighted by Crippen LogP contribution is -2.04. The summed E-state index contributed by atoms with van der Waals surface area (Å²) in [6, 6.07) is 4.44. The average Bonchev–Trinajstić information content (AvgIpc) is 2.52. The van der Waals surface area contributed by atoms with Gasteiger partial charge in [0.25, 0.3) is 10.1 Å². The first-order valence-corrected chi connectivity index (χ1v) is 7.76. The topological polar surface area (TPSA) is 139 Å². The van der Waals surface area contributed by atoms with Crippen molar-refractivity contribution in [3.63, 3.8) is 0 Å². The van der Waals surface area contributed by atoms with Gasteiger partial charge in [0, 0.05) is 14.1 Å². The highest BCUT2D eigenvalue weighted by atomic mass is 32.2. The molecule has 0 aliphatic heterocycles. The van der Waals surface area contributed by atoms with Crippen LogP contribution in [0.4, 0.5) is 17.1 Å². The first kappa shape index (κ1) is 16.8. The number of phenolic OH excluding ortho intramolecular Hbond substituents is 1. The number of anilines is 1. The molecule has 2 rings (SSSR count). The third kappa shape index (κ3) is 2.85. The summed E-state index contributed by atoms with van der Waals surface area (Å²) in [6.07, 6.45) is 0. The third-order valence-electron chi connectivity index (χ3n) is 3.13. The van der Waals surface area contributed by atoms with Gasteiger partial charge in [-0.1, -0.05) is 6.07 Å². The number of fused-ring (bicyclic) bond motifs is 1. The van der Waals surface area contributed by atoms with Crippen LogP contribution in [0.3, 0.4) is 0 Å². The fourth-order valence-electron chi connectivity index (χ4n) is 2.13. The molecule has 0 spiro atoms. The molecule has 0 saturated carbocycles. The Morgan fingerprint density at radius 3 is 2.39 bits per heavy atom. The van der Waals surface area contributed by atoms with Gasteiger partial charge in [-0.05, 0) is 17.5 Å². The standard InChI is InChI=1S/C13H15N5O4S/c1-15-17-8-5-4-7-6-9(23(20,21)22-3)12(18-16-2)13(19)10(7)11(8)14/h4-6,19H,14H2,1-3H3. The molecule has 0 bridgehead atoms. The lowest BCUT2D eigenvalue weighted by Gasteiger charge is -2.12. The molecular weight excluding hydrogens is 322 g/mol. The van der Waals surface area contributed by atoms with Gasteiger partial charge in [0.1, 0.15) is 16.3 Å². The maximum absolute atomic E-state index is 12.0. The molecule has 122 valence electrons. The number of rotatable bonds is 4. The number of azo groups is 2. The number of hydrogen-bond donors (Lipinski definition) is 2. The molecule has 0 saturated heterocycles. The van der Waals surface area contributed by atoms with Crippen molar-refractivity contribution in [3.8, 4) is 5.75 Å². The Kier molecular flexibility index (Phi) is 4.57. The van der Waals surface area contributed by atoms with Crippen LogP contribution < -0.4 is 5.73 Å². The van der Waals surface area contributed by atoms with E-state index in [1.165, 1.54) is 20.2 Å². The summed E-state index contributed by atoms with van der Waals surface area (Å²) in [6.45, 7) is 0. The summed E-state index contributed by atoms with van der Waals surface area (Å²) in [4.78, 5) is -0.306. The van der Waals surface area contributed by atoms with E-state index in [1.807, 2.05) is 0 Å². The molecule has 2 aromatic carbocycles. The number of phenols is 1. The van der Waals surface area contributed by atoms with Gasteiger partial charge in [-0.15, -0.1) is 0 Å². The van der Waals surface area contributed by atoms with Crippen molar-refractivity contribution in [2.75, 3.05) is 26.9 Å². The van der Waals surface area contributed by atoms with Crippen molar-refractivity contribution in [1.29, 1.82) is 0 Å². The normalized spacial score (nSPS) is 12.7. The second-order valence-corrected chi connectivity index (χ2v) is 6.07. The second kappa shape index (κ2) is 6.26. The van der Waals surface area contributed by atoms with Gasteiger partial charge in [-0.25, -0.2) is 0 Å². The lowest BCUT2D eigenvalue weighted by atomic mass is 10.1. The molecule has 0 unspecified atom stereocenters. The van der Waals surface area contributed by atoms with Crippen LogP contribution in [-0.4, -0.2) is 34.7 Å². The number of nitrogens with two attached hydrogens (primary N) is 1. The first-order chi connectivity index (χ1) is 10.9. The summed E-state index contributed by atoms with van der Waals surface area (Å²) in [5, 5.41) is 25.8.